The Bertz CT molecular complexity index is 534. The van der Waals surface area contributed by atoms with Gasteiger partial charge in [0.2, 0.25) is 5.91 Å². The van der Waals surface area contributed by atoms with E-state index in [-0.39, 0.29) is 23.9 Å². The maximum Gasteiger partial charge on any atom is 0.327 e. The zero-order valence-corrected chi connectivity index (χ0v) is 17.5. The van der Waals surface area contributed by atoms with Crippen molar-refractivity contribution in [3.8, 4) is 0 Å². The highest BCUT2D eigenvalue weighted by molar-refractivity contribution is 5.98. The van der Waals surface area contributed by atoms with Crippen molar-refractivity contribution in [1.82, 2.24) is 15.1 Å². The third-order valence-electron chi connectivity index (χ3n) is 7.67. The summed E-state index contributed by atoms with van der Waals surface area (Å²) < 4.78 is 0. The number of hydrogen-bond donors (Lipinski definition) is 1. The Kier molecular flexibility index (Phi) is 6.92. The molecule has 0 aromatic heterocycles. The van der Waals surface area contributed by atoms with Gasteiger partial charge in [0.05, 0.1) is 5.92 Å². The zero-order valence-electron chi connectivity index (χ0n) is 17.5. The molecule has 4 rings (SSSR count). The molecule has 0 spiro atoms. The van der Waals surface area contributed by atoms with E-state index in [0.717, 1.165) is 45.1 Å². The van der Waals surface area contributed by atoms with Crippen molar-refractivity contribution < 1.29 is 9.59 Å². The van der Waals surface area contributed by atoms with Crippen LogP contribution in [0.1, 0.15) is 96.3 Å². The fraction of sp³-hybridized carbons (Fsp3) is 0.913. The summed E-state index contributed by atoms with van der Waals surface area (Å²) in [6, 6.07) is 1.07. The molecular formula is C23H39N3O2. The monoisotopic (exact) mass is 389 g/mol. The summed E-state index contributed by atoms with van der Waals surface area (Å²) in [4.78, 5) is 30.6. The van der Waals surface area contributed by atoms with Gasteiger partial charge in [0.1, 0.15) is 0 Å². The first-order chi connectivity index (χ1) is 13.7. The number of rotatable bonds is 5. The highest BCUT2D eigenvalue weighted by Gasteiger charge is 2.44. The molecule has 0 aromatic rings. The van der Waals surface area contributed by atoms with Crippen LogP contribution in [-0.2, 0) is 4.79 Å². The van der Waals surface area contributed by atoms with Gasteiger partial charge in [-0.25, -0.2) is 4.79 Å². The molecule has 5 nitrogen and oxygen atoms in total. The molecule has 3 amide bonds. The number of nitrogens with zero attached hydrogens (tertiary/aromatic N) is 2. The molecule has 1 aliphatic heterocycles. The summed E-state index contributed by atoms with van der Waals surface area (Å²) in [7, 11) is 0. The number of carbonyl (C=O) groups is 2. The van der Waals surface area contributed by atoms with Crippen LogP contribution in [0.3, 0.4) is 0 Å². The Morgan fingerprint density at radius 1 is 0.714 bits per heavy atom. The topological polar surface area (TPSA) is 52.7 Å². The van der Waals surface area contributed by atoms with Gasteiger partial charge in [0.15, 0.2) is 0 Å². The van der Waals surface area contributed by atoms with Crippen LogP contribution >= 0.6 is 0 Å². The lowest BCUT2D eigenvalue weighted by Crippen LogP contribution is -2.64. The number of urea groups is 1. The van der Waals surface area contributed by atoms with Crippen LogP contribution in [0.5, 0.6) is 0 Å². The molecule has 1 unspecified atom stereocenters. The van der Waals surface area contributed by atoms with Gasteiger partial charge in [-0.05, 0) is 38.5 Å². The molecule has 0 bridgehead atoms. The first kappa shape index (κ1) is 20.2. The number of imide groups is 1. The Morgan fingerprint density at radius 3 is 1.86 bits per heavy atom. The van der Waals surface area contributed by atoms with Crippen LogP contribution < -0.4 is 5.32 Å². The number of hydrogen-bond acceptors (Lipinski definition) is 3. The fourth-order valence-electron chi connectivity index (χ4n) is 5.96. The van der Waals surface area contributed by atoms with E-state index in [1.54, 1.807) is 4.90 Å². The molecule has 1 saturated heterocycles. The third kappa shape index (κ3) is 4.55. The molecular weight excluding hydrogens is 350 g/mol. The van der Waals surface area contributed by atoms with Gasteiger partial charge in [0.25, 0.3) is 0 Å². The predicted molar refractivity (Wildman–Crippen MR) is 111 cm³/mol. The number of carbonyl (C=O) groups excluding carboxylic acids is 2. The summed E-state index contributed by atoms with van der Waals surface area (Å²) in [5.74, 6) is 0.0377. The van der Waals surface area contributed by atoms with Crippen LogP contribution in [0.4, 0.5) is 4.79 Å². The summed E-state index contributed by atoms with van der Waals surface area (Å²) in [5.41, 5.74) is 0. The van der Waals surface area contributed by atoms with E-state index in [4.69, 9.17) is 0 Å². The van der Waals surface area contributed by atoms with Crippen LogP contribution in [0.2, 0.25) is 0 Å². The standard InChI is InChI=1S/C23H39N3O2/c27-22-18(16-24-19-10-4-1-5-11-19)17-25(20-12-6-2-7-13-20)23(28)26(22)21-14-8-3-9-15-21/h18-21,24H,1-17H2. The van der Waals surface area contributed by atoms with E-state index in [9.17, 15) is 9.59 Å². The summed E-state index contributed by atoms with van der Waals surface area (Å²) >= 11 is 0. The second kappa shape index (κ2) is 9.60. The average molecular weight is 390 g/mol. The maximum atomic E-state index is 13.4. The number of amides is 3. The molecule has 3 aliphatic carbocycles. The normalized spacial score (nSPS) is 29.5. The minimum atomic E-state index is -0.0662. The van der Waals surface area contributed by atoms with E-state index in [1.807, 2.05) is 0 Å². The quantitative estimate of drug-likeness (QED) is 0.755. The van der Waals surface area contributed by atoms with Gasteiger partial charge >= 0.3 is 6.03 Å². The smallest absolute Gasteiger partial charge is 0.320 e. The number of nitrogens with one attached hydrogen (secondary N) is 1. The van der Waals surface area contributed by atoms with Crippen molar-refractivity contribution in [2.75, 3.05) is 13.1 Å². The van der Waals surface area contributed by atoms with E-state index >= 15 is 0 Å². The van der Waals surface area contributed by atoms with Gasteiger partial charge < -0.3 is 10.2 Å². The summed E-state index contributed by atoms with van der Waals surface area (Å²) in [6.45, 7) is 1.37. The summed E-state index contributed by atoms with van der Waals surface area (Å²) in [6.07, 6.45) is 17.9. The lowest BCUT2D eigenvalue weighted by Gasteiger charge is -2.46. The molecule has 5 heteroatoms. The Balaban J connectivity index is 1.47. The molecule has 1 heterocycles. The first-order valence-corrected chi connectivity index (χ1v) is 12.1. The average Bonchev–Trinajstić information content (AvgIpc) is 2.75. The molecule has 0 aromatic carbocycles. The lowest BCUT2D eigenvalue weighted by molar-refractivity contribution is -0.139. The van der Waals surface area contributed by atoms with Gasteiger partial charge in [-0.3, -0.25) is 9.69 Å². The van der Waals surface area contributed by atoms with Crippen LogP contribution in [0, 0.1) is 5.92 Å². The Labute approximate surface area is 170 Å². The van der Waals surface area contributed by atoms with Crippen molar-refractivity contribution in [3.63, 3.8) is 0 Å². The first-order valence-electron chi connectivity index (χ1n) is 12.1. The molecule has 1 atom stereocenters. The third-order valence-corrected chi connectivity index (χ3v) is 7.67. The van der Waals surface area contributed by atoms with Crippen molar-refractivity contribution in [2.45, 2.75) is 114 Å². The highest BCUT2D eigenvalue weighted by atomic mass is 16.2. The fourth-order valence-corrected chi connectivity index (χ4v) is 5.96. The largest absolute Gasteiger partial charge is 0.327 e. The van der Waals surface area contributed by atoms with Gasteiger partial charge in [0, 0.05) is 31.2 Å². The molecule has 4 aliphatic rings. The lowest BCUT2D eigenvalue weighted by atomic mass is 9.89. The molecule has 158 valence electrons. The van der Waals surface area contributed by atoms with Crippen molar-refractivity contribution in [3.05, 3.63) is 0 Å². The van der Waals surface area contributed by atoms with E-state index in [2.05, 4.69) is 10.2 Å². The van der Waals surface area contributed by atoms with Gasteiger partial charge in [-0.15, -0.1) is 0 Å². The van der Waals surface area contributed by atoms with E-state index < -0.39 is 0 Å². The predicted octanol–water partition coefficient (Wildman–Crippen LogP) is 4.45. The second-order valence-electron chi connectivity index (χ2n) is 9.67. The van der Waals surface area contributed by atoms with E-state index in [1.165, 1.54) is 57.8 Å². The minimum absolute atomic E-state index is 0.0257. The van der Waals surface area contributed by atoms with Crippen LogP contribution in [0.25, 0.3) is 0 Å². The molecule has 28 heavy (non-hydrogen) atoms. The highest BCUT2D eigenvalue weighted by Crippen LogP contribution is 2.32. The SMILES string of the molecule is O=C1C(CNC2CCCCC2)CN(C2CCCCC2)C(=O)N1C1CCCCC1. The van der Waals surface area contributed by atoms with Gasteiger partial charge in [-0.2, -0.15) is 0 Å². The van der Waals surface area contributed by atoms with Gasteiger partial charge in [-0.1, -0.05) is 57.8 Å². The Morgan fingerprint density at radius 2 is 1.25 bits per heavy atom. The van der Waals surface area contributed by atoms with Crippen molar-refractivity contribution >= 4 is 11.9 Å². The van der Waals surface area contributed by atoms with Crippen molar-refractivity contribution in [1.29, 1.82) is 0 Å². The molecule has 0 radical (unpaired) electrons. The van der Waals surface area contributed by atoms with Crippen LogP contribution in [0.15, 0.2) is 0 Å². The van der Waals surface area contributed by atoms with Crippen LogP contribution in [-0.4, -0.2) is 53.0 Å². The molecule has 1 N–H and O–H groups in total. The van der Waals surface area contributed by atoms with E-state index in [0.29, 0.717) is 18.6 Å². The molecule has 3 saturated carbocycles. The maximum absolute atomic E-state index is 13.4. The molecule has 4 fully saturated rings. The second-order valence-corrected chi connectivity index (χ2v) is 9.67. The zero-order chi connectivity index (χ0) is 19.3. The van der Waals surface area contributed by atoms with Crippen molar-refractivity contribution in [2.24, 2.45) is 5.92 Å². The summed E-state index contributed by atoms with van der Waals surface area (Å²) in [5, 5.41) is 3.70. The Hall–Kier alpha value is -1.10. The minimum Gasteiger partial charge on any atom is -0.320 e.